The van der Waals surface area contributed by atoms with E-state index in [0.29, 0.717) is 17.7 Å². The first-order chi connectivity index (χ1) is 15.1. The fourth-order valence-corrected chi connectivity index (χ4v) is 6.67. The molecule has 1 saturated carbocycles. The van der Waals surface area contributed by atoms with Crippen LogP contribution in [0.1, 0.15) is 54.2 Å². The summed E-state index contributed by atoms with van der Waals surface area (Å²) in [5, 5.41) is 4.05. The Balaban J connectivity index is 1.47. The van der Waals surface area contributed by atoms with Crippen molar-refractivity contribution in [3.05, 3.63) is 56.1 Å². The minimum atomic E-state index is -0.385. The zero-order valence-corrected chi connectivity index (χ0v) is 19.0. The third-order valence-corrected chi connectivity index (χ3v) is 8.38. The van der Waals surface area contributed by atoms with Crippen LogP contribution in [0.4, 0.5) is 0 Å². The fourth-order valence-electron chi connectivity index (χ4n) is 4.96. The van der Waals surface area contributed by atoms with E-state index in [2.05, 4.69) is 11.4 Å². The number of hydrogen-bond acceptors (Lipinski definition) is 7. The lowest BCUT2D eigenvalue weighted by molar-refractivity contribution is -0.142. The molecule has 2 aliphatic heterocycles. The van der Waals surface area contributed by atoms with Crippen LogP contribution >= 0.6 is 22.7 Å². The molecule has 0 unspecified atom stereocenters. The van der Waals surface area contributed by atoms with Gasteiger partial charge < -0.3 is 9.47 Å². The molecule has 0 spiro atoms. The molecule has 0 N–H and O–H groups in total. The molecule has 4 heterocycles. The third-order valence-electron chi connectivity index (χ3n) is 6.39. The molecule has 2 aromatic rings. The smallest absolute Gasteiger partial charge is 0.336 e. The van der Waals surface area contributed by atoms with E-state index < -0.39 is 0 Å². The maximum absolute atomic E-state index is 13.4. The molecule has 0 aromatic carbocycles. The Morgan fingerprint density at radius 3 is 2.61 bits per heavy atom. The molecule has 0 radical (unpaired) electrons. The van der Waals surface area contributed by atoms with E-state index in [1.165, 1.54) is 4.88 Å². The molecular formula is C24H25NO4S2. The first-order valence-corrected chi connectivity index (χ1v) is 12.5. The SMILES string of the molecule is CC1=C(C(=O)OC[C@@H]2CCCO2)[C@@H](c2cccs2)[C@@H]2C(=O)C[C@@H](c3cccs3)CC2=N1. The van der Waals surface area contributed by atoms with Crippen molar-refractivity contribution in [2.45, 2.75) is 50.5 Å². The topological polar surface area (TPSA) is 65.0 Å². The maximum Gasteiger partial charge on any atom is 0.336 e. The van der Waals surface area contributed by atoms with Gasteiger partial charge in [-0.15, -0.1) is 22.7 Å². The van der Waals surface area contributed by atoms with Gasteiger partial charge in [-0.3, -0.25) is 9.79 Å². The standard InChI is InChI=1S/C24H25NO4S2/c1-14-21(24(27)29-13-16-5-2-8-28-16)23(20-7-4-10-31-20)22-17(25-14)11-15(12-18(22)26)19-6-3-9-30-19/h3-4,6-7,9-10,15-16,22-23H,2,5,8,11-13H2,1H3/t15-,16-,22-,23+/m0/s1. The van der Waals surface area contributed by atoms with Crippen molar-refractivity contribution in [1.29, 1.82) is 0 Å². The van der Waals surface area contributed by atoms with Gasteiger partial charge in [-0.25, -0.2) is 4.79 Å². The number of thiophene rings is 2. The molecule has 0 amide bonds. The van der Waals surface area contributed by atoms with Crippen LogP contribution in [0.3, 0.4) is 0 Å². The first-order valence-electron chi connectivity index (χ1n) is 10.8. The van der Waals surface area contributed by atoms with E-state index >= 15 is 0 Å². The number of ketones is 1. The number of ether oxygens (including phenoxy) is 2. The van der Waals surface area contributed by atoms with E-state index in [1.807, 2.05) is 30.5 Å². The zero-order valence-electron chi connectivity index (χ0n) is 17.4. The number of fused-ring (bicyclic) bond motifs is 1. The molecule has 4 atom stereocenters. The van der Waals surface area contributed by atoms with Gasteiger partial charge in [-0.2, -0.15) is 0 Å². The summed E-state index contributed by atoms with van der Waals surface area (Å²) >= 11 is 3.27. The van der Waals surface area contributed by atoms with Crippen molar-refractivity contribution in [3.63, 3.8) is 0 Å². The predicted molar refractivity (Wildman–Crippen MR) is 122 cm³/mol. The van der Waals surface area contributed by atoms with Crippen molar-refractivity contribution < 1.29 is 19.1 Å². The van der Waals surface area contributed by atoms with E-state index in [4.69, 9.17) is 14.5 Å². The van der Waals surface area contributed by atoms with E-state index in [0.717, 1.165) is 36.5 Å². The van der Waals surface area contributed by atoms with Crippen molar-refractivity contribution in [1.82, 2.24) is 0 Å². The second kappa shape index (κ2) is 8.81. The second-order valence-corrected chi connectivity index (χ2v) is 10.4. The van der Waals surface area contributed by atoms with Crippen LogP contribution in [0.15, 0.2) is 51.3 Å². The Kier molecular flexibility index (Phi) is 5.91. The molecule has 0 bridgehead atoms. The van der Waals surface area contributed by atoms with Crippen LogP contribution in [-0.4, -0.2) is 36.8 Å². The Hall–Kier alpha value is -2.09. The molecular weight excluding hydrogens is 430 g/mol. The summed E-state index contributed by atoms with van der Waals surface area (Å²) in [6, 6.07) is 8.11. The average Bonchev–Trinajstić information content (AvgIpc) is 3.54. The summed E-state index contributed by atoms with van der Waals surface area (Å²) in [6.07, 6.45) is 3.12. The third kappa shape index (κ3) is 4.06. The second-order valence-electron chi connectivity index (χ2n) is 8.39. The maximum atomic E-state index is 13.4. The van der Waals surface area contributed by atoms with E-state index in [1.54, 1.807) is 22.7 Å². The highest BCUT2D eigenvalue weighted by Gasteiger charge is 2.46. The molecule has 5 rings (SSSR count). The van der Waals surface area contributed by atoms with Gasteiger partial charge in [0.1, 0.15) is 12.4 Å². The molecule has 2 aromatic heterocycles. The van der Waals surface area contributed by atoms with Crippen LogP contribution < -0.4 is 0 Å². The van der Waals surface area contributed by atoms with Crippen LogP contribution in [0.5, 0.6) is 0 Å². The highest BCUT2D eigenvalue weighted by molar-refractivity contribution is 7.10. The van der Waals surface area contributed by atoms with Crippen LogP contribution in [0, 0.1) is 5.92 Å². The zero-order chi connectivity index (χ0) is 21.4. The normalized spacial score (nSPS) is 28.4. The number of carbonyl (C=O) groups is 2. The lowest BCUT2D eigenvalue weighted by atomic mass is 9.68. The minimum Gasteiger partial charge on any atom is -0.460 e. The van der Waals surface area contributed by atoms with Crippen molar-refractivity contribution in [3.8, 4) is 0 Å². The number of allylic oxidation sites excluding steroid dienone is 1. The van der Waals surface area contributed by atoms with Crippen LogP contribution in [-0.2, 0) is 19.1 Å². The Morgan fingerprint density at radius 2 is 1.94 bits per heavy atom. The van der Waals surface area contributed by atoms with Gasteiger partial charge in [-0.05, 0) is 49.1 Å². The number of carbonyl (C=O) groups excluding carboxylic acids is 2. The van der Waals surface area contributed by atoms with Gasteiger partial charge in [0.15, 0.2) is 0 Å². The molecule has 5 nitrogen and oxygen atoms in total. The Labute approximate surface area is 189 Å². The Morgan fingerprint density at radius 1 is 1.16 bits per heavy atom. The molecule has 1 saturated heterocycles. The monoisotopic (exact) mass is 455 g/mol. The summed E-state index contributed by atoms with van der Waals surface area (Å²) in [4.78, 5) is 33.7. The number of hydrogen-bond donors (Lipinski definition) is 0. The van der Waals surface area contributed by atoms with E-state index in [-0.39, 0.29) is 42.2 Å². The highest BCUT2D eigenvalue weighted by Crippen LogP contribution is 2.47. The largest absolute Gasteiger partial charge is 0.460 e. The molecule has 1 aliphatic carbocycles. The summed E-state index contributed by atoms with van der Waals surface area (Å²) in [5.41, 5.74) is 2.10. The van der Waals surface area contributed by atoms with Crippen molar-refractivity contribution in [2.24, 2.45) is 10.9 Å². The molecule has 162 valence electrons. The van der Waals surface area contributed by atoms with Gasteiger partial charge in [0.25, 0.3) is 0 Å². The van der Waals surface area contributed by atoms with Crippen LogP contribution in [0.25, 0.3) is 0 Å². The fraction of sp³-hybridized carbons (Fsp3) is 0.458. The molecule has 31 heavy (non-hydrogen) atoms. The van der Waals surface area contributed by atoms with Gasteiger partial charge in [0.05, 0.1) is 17.6 Å². The van der Waals surface area contributed by atoms with Gasteiger partial charge in [-0.1, -0.05) is 12.1 Å². The van der Waals surface area contributed by atoms with Crippen LogP contribution in [0.2, 0.25) is 0 Å². The van der Waals surface area contributed by atoms with Crippen molar-refractivity contribution in [2.75, 3.05) is 13.2 Å². The number of Topliss-reactive ketones (excluding diaryl/α,β-unsaturated/α-hetero) is 1. The number of aliphatic imine (C=N–C) groups is 1. The summed E-state index contributed by atoms with van der Waals surface area (Å²) in [5.74, 6) is -0.737. The summed E-state index contributed by atoms with van der Waals surface area (Å²) < 4.78 is 11.3. The lowest BCUT2D eigenvalue weighted by Crippen LogP contribution is -2.41. The highest BCUT2D eigenvalue weighted by atomic mass is 32.1. The van der Waals surface area contributed by atoms with Gasteiger partial charge in [0, 0.05) is 46.0 Å². The Bertz CT molecular complexity index is 1020. The average molecular weight is 456 g/mol. The first kappa shape index (κ1) is 20.8. The molecule has 3 aliphatic rings. The quantitative estimate of drug-likeness (QED) is 0.588. The number of esters is 1. The van der Waals surface area contributed by atoms with Crippen molar-refractivity contribution >= 4 is 40.1 Å². The van der Waals surface area contributed by atoms with E-state index in [9.17, 15) is 9.59 Å². The lowest BCUT2D eigenvalue weighted by Gasteiger charge is -2.37. The van der Waals surface area contributed by atoms with Gasteiger partial charge in [0.2, 0.25) is 0 Å². The number of rotatable bonds is 5. The van der Waals surface area contributed by atoms with Gasteiger partial charge >= 0.3 is 5.97 Å². The summed E-state index contributed by atoms with van der Waals surface area (Å²) in [7, 11) is 0. The molecule has 2 fully saturated rings. The number of nitrogens with zero attached hydrogens (tertiary/aromatic N) is 1. The predicted octanol–water partition coefficient (Wildman–Crippen LogP) is 5.11. The minimum absolute atomic E-state index is 0.0319. The summed E-state index contributed by atoms with van der Waals surface area (Å²) in [6.45, 7) is 2.84. The molecule has 7 heteroatoms.